The number of nitrogens with one attached hydrogen (secondary N) is 1. The van der Waals surface area contributed by atoms with E-state index in [0.29, 0.717) is 12.4 Å². The van der Waals surface area contributed by atoms with Crippen molar-refractivity contribution >= 4 is 5.97 Å². The van der Waals surface area contributed by atoms with Gasteiger partial charge in [-0.3, -0.25) is 10.1 Å². The lowest BCUT2D eigenvalue weighted by atomic mass is 9.93. The quantitative estimate of drug-likeness (QED) is 0.782. The predicted octanol–water partition coefficient (Wildman–Crippen LogP) is 1.23. The highest BCUT2D eigenvalue weighted by Gasteiger charge is 2.18. The van der Waals surface area contributed by atoms with Gasteiger partial charge in [0.1, 0.15) is 6.26 Å². The lowest BCUT2D eigenvalue weighted by molar-refractivity contribution is -0.139. The van der Waals surface area contributed by atoms with Crippen molar-refractivity contribution in [1.82, 2.24) is 10.3 Å². The monoisotopic (exact) mass is 226 g/mol. The maximum Gasteiger partial charge on any atom is 0.319 e. The normalized spacial score (nSPS) is 11.5. The van der Waals surface area contributed by atoms with Crippen LogP contribution < -0.4 is 5.32 Å². The third-order valence-corrected chi connectivity index (χ3v) is 2.09. The van der Waals surface area contributed by atoms with E-state index in [4.69, 9.17) is 4.42 Å². The molecule has 0 aliphatic rings. The maximum absolute atomic E-state index is 10.8. The van der Waals surface area contributed by atoms with Gasteiger partial charge in [-0.15, -0.1) is 0 Å². The third-order valence-electron chi connectivity index (χ3n) is 2.09. The van der Waals surface area contributed by atoms with Gasteiger partial charge in [-0.05, 0) is 0 Å². The number of aromatic nitrogens is 1. The van der Waals surface area contributed by atoms with Crippen LogP contribution in [-0.4, -0.2) is 24.6 Å². The molecule has 0 aliphatic carbocycles. The second-order valence-corrected chi connectivity index (χ2v) is 4.56. The molecule has 1 rings (SSSR count). The number of rotatable bonds is 4. The van der Waals surface area contributed by atoms with E-state index in [1.165, 1.54) is 7.11 Å². The van der Waals surface area contributed by atoms with E-state index in [9.17, 15) is 4.79 Å². The Morgan fingerprint density at radius 1 is 1.56 bits per heavy atom. The summed E-state index contributed by atoms with van der Waals surface area (Å²) in [5, 5.41) is 2.89. The van der Waals surface area contributed by atoms with Crippen LogP contribution in [0.3, 0.4) is 0 Å². The van der Waals surface area contributed by atoms with Crippen LogP contribution >= 0.6 is 0 Å². The minimum absolute atomic E-state index is 0.0237. The summed E-state index contributed by atoms with van der Waals surface area (Å²) in [5.74, 6) is 0.274. The topological polar surface area (TPSA) is 64.4 Å². The van der Waals surface area contributed by atoms with Gasteiger partial charge in [-0.2, -0.15) is 0 Å². The van der Waals surface area contributed by atoms with Gasteiger partial charge in [0.15, 0.2) is 0 Å². The van der Waals surface area contributed by atoms with Crippen molar-refractivity contribution in [3.05, 3.63) is 17.8 Å². The molecule has 0 aromatic carbocycles. The van der Waals surface area contributed by atoms with E-state index in [-0.39, 0.29) is 17.9 Å². The molecule has 1 aromatic heterocycles. The first-order valence-electron chi connectivity index (χ1n) is 5.16. The second-order valence-electron chi connectivity index (χ2n) is 4.56. The number of methoxy groups -OCH3 is 1. The molecule has 0 spiro atoms. The molecule has 1 aromatic rings. The molecule has 0 unspecified atom stereocenters. The lowest BCUT2D eigenvalue weighted by Crippen LogP contribution is -2.23. The summed E-state index contributed by atoms with van der Waals surface area (Å²) < 4.78 is 9.78. The molecule has 5 nitrogen and oxygen atoms in total. The predicted molar refractivity (Wildman–Crippen MR) is 58.9 cm³/mol. The number of carbonyl (C=O) groups is 1. The molecule has 0 bridgehead atoms. The highest BCUT2D eigenvalue weighted by molar-refractivity contribution is 5.71. The third kappa shape index (κ3) is 3.66. The highest BCUT2D eigenvalue weighted by atomic mass is 16.5. The van der Waals surface area contributed by atoms with Crippen LogP contribution in [0.4, 0.5) is 0 Å². The molecule has 1 heterocycles. The number of oxazole rings is 1. The van der Waals surface area contributed by atoms with Crippen molar-refractivity contribution in [3.8, 4) is 0 Å². The Bertz CT molecular complexity index is 352. The molecule has 0 aliphatic heterocycles. The average molecular weight is 226 g/mol. The smallest absolute Gasteiger partial charge is 0.319 e. The summed E-state index contributed by atoms with van der Waals surface area (Å²) in [6.45, 7) is 6.78. The summed E-state index contributed by atoms with van der Waals surface area (Å²) >= 11 is 0. The molecule has 0 fully saturated rings. The summed E-state index contributed by atoms with van der Waals surface area (Å²) in [4.78, 5) is 15.2. The van der Waals surface area contributed by atoms with E-state index in [2.05, 4.69) is 35.8 Å². The Labute approximate surface area is 95.2 Å². The number of hydrogen-bond acceptors (Lipinski definition) is 5. The van der Waals surface area contributed by atoms with Gasteiger partial charge in [0.2, 0.25) is 5.89 Å². The van der Waals surface area contributed by atoms with Crippen LogP contribution in [0.1, 0.15) is 32.4 Å². The van der Waals surface area contributed by atoms with Gasteiger partial charge in [0, 0.05) is 5.41 Å². The van der Waals surface area contributed by atoms with Crippen molar-refractivity contribution in [3.63, 3.8) is 0 Å². The number of esters is 1. The highest BCUT2D eigenvalue weighted by Crippen LogP contribution is 2.20. The zero-order valence-electron chi connectivity index (χ0n) is 10.2. The summed E-state index contributed by atoms with van der Waals surface area (Å²) in [6.07, 6.45) is 1.65. The molecular formula is C11H18N2O3. The van der Waals surface area contributed by atoms with E-state index in [1.807, 2.05) is 0 Å². The van der Waals surface area contributed by atoms with Crippen LogP contribution in [0.2, 0.25) is 0 Å². The summed E-state index contributed by atoms with van der Waals surface area (Å²) in [5.41, 5.74) is 0.881. The standard InChI is InChI=1S/C11H18N2O3/c1-11(2,3)8-7-16-9(13-8)5-12-6-10(14)15-4/h7,12H,5-6H2,1-4H3. The number of hydrogen-bond donors (Lipinski definition) is 1. The van der Waals surface area contributed by atoms with E-state index < -0.39 is 0 Å². The van der Waals surface area contributed by atoms with Crippen LogP contribution in [-0.2, 0) is 21.5 Å². The first-order valence-corrected chi connectivity index (χ1v) is 5.16. The largest absolute Gasteiger partial charge is 0.468 e. The Morgan fingerprint density at radius 3 is 2.75 bits per heavy atom. The molecule has 0 amide bonds. The summed E-state index contributed by atoms with van der Waals surface area (Å²) in [7, 11) is 1.35. The van der Waals surface area contributed by atoms with Crippen LogP contribution in [0.5, 0.6) is 0 Å². The first-order chi connectivity index (χ1) is 7.43. The lowest BCUT2D eigenvalue weighted by Gasteiger charge is -2.12. The van der Waals surface area contributed by atoms with Gasteiger partial charge in [-0.1, -0.05) is 20.8 Å². The number of carbonyl (C=O) groups excluding carboxylic acids is 1. The van der Waals surface area contributed by atoms with Crippen molar-refractivity contribution in [1.29, 1.82) is 0 Å². The number of ether oxygens (including phenoxy) is 1. The van der Waals surface area contributed by atoms with Crippen LogP contribution in [0.25, 0.3) is 0 Å². The fraction of sp³-hybridized carbons (Fsp3) is 0.636. The van der Waals surface area contributed by atoms with Gasteiger partial charge in [-0.25, -0.2) is 4.98 Å². The molecule has 1 N–H and O–H groups in total. The minimum Gasteiger partial charge on any atom is -0.468 e. The van der Waals surface area contributed by atoms with Crippen molar-refractivity contribution in [2.45, 2.75) is 32.7 Å². The van der Waals surface area contributed by atoms with Gasteiger partial charge < -0.3 is 9.15 Å². The van der Waals surface area contributed by atoms with Crippen molar-refractivity contribution in [2.24, 2.45) is 0 Å². The molecule has 16 heavy (non-hydrogen) atoms. The Kier molecular flexibility index (Phi) is 4.06. The van der Waals surface area contributed by atoms with E-state index in [1.54, 1.807) is 6.26 Å². The molecule has 0 radical (unpaired) electrons. The van der Waals surface area contributed by atoms with Crippen molar-refractivity contribution < 1.29 is 13.9 Å². The van der Waals surface area contributed by atoms with Crippen LogP contribution in [0, 0.1) is 0 Å². The fourth-order valence-electron chi connectivity index (χ4n) is 1.08. The van der Waals surface area contributed by atoms with E-state index in [0.717, 1.165) is 5.69 Å². The molecule has 90 valence electrons. The molecule has 5 heteroatoms. The Balaban J connectivity index is 2.44. The van der Waals surface area contributed by atoms with Crippen molar-refractivity contribution in [2.75, 3.05) is 13.7 Å². The first kappa shape index (κ1) is 12.7. The zero-order chi connectivity index (χ0) is 12.2. The zero-order valence-corrected chi connectivity index (χ0v) is 10.2. The van der Waals surface area contributed by atoms with Gasteiger partial charge in [0.05, 0.1) is 25.9 Å². The van der Waals surface area contributed by atoms with E-state index >= 15 is 0 Å². The number of nitrogens with zero attached hydrogens (tertiary/aromatic N) is 1. The maximum atomic E-state index is 10.8. The average Bonchev–Trinajstić information content (AvgIpc) is 2.65. The Hall–Kier alpha value is -1.36. The molecule has 0 saturated heterocycles. The minimum atomic E-state index is -0.303. The Morgan fingerprint density at radius 2 is 2.25 bits per heavy atom. The second kappa shape index (κ2) is 5.12. The molecule has 0 atom stereocenters. The van der Waals surface area contributed by atoms with Gasteiger partial charge in [0.25, 0.3) is 0 Å². The SMILES string of the molecule is COC(=O)CNCc1nc(C(C)(C)C)co1. The molecular weight excluding hydrogens is 208 g/mol. The molecule has 0 saturated carbocycles. The van der Waals surface area contributed by atoms with Gasteiger partial charge >= 0.3 is 5.97 Å². The van der Waals surface area contributed by atoms with Crippen LogP contribution in [0.15, 0.2) is 10.7 Å². The fourth-order valence-corrected chi connectivity index (χ4v) is 1.08. The summed E-state index contributed by atoms with van der Waals surface area (Å²) in [6, 6.07) is 0.